The average Bonchev–Trinajstić information content (AvgIpc) is 3.30. The summed E-state index contributed by atoms with van der Waals surface area (Å²) in [5, 5.41) is 3.95. The molecule has 2 aromatic rings. The van der Waals surface area contributed by atoms with Gasteiger partial charge in [0.1, 0.15) is 11.9 Å². The highest BCUT2D eigenvalue weighted by atomic mass is 35.5. The van der Waals surface area contributed by atoms with E-state index in [0.29, 0.717) is 23.2 Å². The summed E-state index contributed by atoms with van der Waals surface area (Å²) in [5.74, 6) is 1.50. The van der Waals surface area contributed by atoms with Gasteiger partial charge in [-0.25, -0.2) is 4.98 Å². The second-order valence-electron chi connectivity index (χ2n) is 7.64. The topological polar surface area (TPSA) is 73.3 Å². The molecule has 1 N–H and O–H groups in total. The van der Waals surface area contributed by atoms with E-state index in [2.05, 4.69) is 10.3 Å². The highest BCUT2D eigenvalue weighted by Gasteiger charge is 2.24. The molecule has 2 aliphatic rings. The van der Waals surface area contributed by atoms with Crippen LogP contribution in [0.2, 0.25) is 5.02 Å². The Morgan fingerprint density at radius 1 is 1.21 bits per heavy atom. The predicted molar refractivity (Wildman–Crippen MR) is 112 cm³/mol. The van der Waals surface area contributed by atoms with Crippen LogP contribution in [0.25, 0.3) is 11.3 Å². The third kappa shape index (κ3) is 5.32. The first-order valence-electron chi connectivity index (χ1n) is 10.3. The Labute approximate surface area is 176 Å². The second-order valence-corrected chi connectivity index (χ2v) is 8.05. The first-order chi connectivity index (χ1) is 14.2. The highest BCUT2D eigenvalue weighted by molar-refractivity contribution is 6.33. The molecule has 1 atom stereocenters. The van der Waals surface area contributed by atoms with Crippen molar-refractivity contribution in [2.75, 3.05) is 31.7 Å². The van der Waals surface area contributed by atoms with Gasteiger partial charge in [-0.15, -0.1) is 0 Å². The van der Waals surface area contributed by atoms with Gasteiger partial charge in [0.25, 0.3) is 0 Å². The van der Waals surface area contributed by atoms with Crippen molar-refractivity contribution in [3.05, 3.63) is 41.2 Å². The monoisotopic (exact) mass is 415 g/mol. The molecule has 2 aromatic heterocycles. The molecule has 29 heavy (non-hydrogen) atoms. The first kappa shape index (κ1) is 20.3. The number of hydrogen-bond donors (Lipinski definition) is 1. The summed E-state index contributed by atoms with van der Waals surface area (Å²) in [6, 6.07) is 7.70. The number of hydrogen-bond acceptors (Lipinski definition) is 6. The fraction of sp³-hybridized carbons (Fsp3) is 0.500. The Morgan fingerprint density at radius 2 is 2.07 bits per heavy atom. The number of ether oxygens (including phenoxy) is 2. The van der Waals surface area contributed by atoms with Crippen molar-refractivity contribution >= 4 is 23.2 Å². The molecule has 0 aliphatic carbocycles. The molecule has 0 radical (unpaired) electrons. The molecule has 0 bridgehead atoms. The number of ketones is 1. The van der Waals surface area contributed by atoms with E-state index in [0.717, 1.165) is 62.5 Å². The lowest BCUT2D eigenvalue weighted by Crippen LogP contribution is -2.22. The van der Waals surface area contributed by atoms with Crippen LogP contribution in [0, 0.1) is 5.92 Å². The molecule has 0 saturated carbocycles. The number of Topliss-reactive ketones (excluding diaryl/α,β-unsaturated/α-hetero) is 1. The van der Waals surface area contributed by atoms with Gasteiger partial charge in [0.05, 0.1) is 17.1 Å². The molecular weight excluding hydrogens is 390 g/mol. The zero-order valence-electron chi connectivity index (χ0n) is 16.4. The number of carbonyl (C=O) groups excluding carboxylic acids is 1. The van der Waals surface area contributed by atoms with Gasteiger partial charge in [0.15, 0.2) is 5.78 Å². The summed E-state index contributed by atoms with van der Waals surface area (Å²) in [6.07, 6.45) is 5.42. The molecule has 0 spiro atoms. The zero-order chi connectivity index (χ0) is 20.1. The maximum absolute atomic E-state index is 12.4. The van der Waals surface area contributed by atoms with Crippen molar-refractivity contribution in [2.24, 2.45) is 5.92 Å². The second kappa shape index (κ2) is 9.65. The number of halogens is 1. The minimum absolute atomic E-state index is 0.0723. The van der Waals surface area contributed by atoms with Crippen molar-refractivity contribution in [3.8, 4) is 11.3 Å². The van der Waals surface area contributed by atoms with Gasteiger partial charge in [-0.1, -0.05) is 17.7 Å². The van der Waals surface area contributed by atoms with Crippen LogP contribution in [0.5, 0.6) is 0 Å². The molecule has 4 heterocycles. The molecule has 0 amide bonds. The maximum atomic E-state index is 12.4. The Morgan fingerprint density at radius 3 is 2.86 bits per heavy atom. The Hall–Kier alpha value is -2.02. The Balaban J connectivity index is 1.46. The van der Waals surface area contributed by atoms with Gasteiger partial charge in [-0.3, -0.25) is 9.78 Å². The predicted octanol–water partition coefficient (Wildman–Crippen LogP) is 3.93. The van der Waals surface area contributed by atoms with Crippen molar-refractivity contribution in [1.82, 2.24) is 9.97 Å². The molecule has 0 aromatic carbocycles. The molecule has 6 nitrogen and oxygen atoms in total. The van der Waals surface area contributed by atoms with Crippen LogP contribution < -0.4 is 5.32 Å². The van der Waals surface area contributed by atoms with Gasteiger partial charge in [-0.05, 0) is 49.8 Å². The van der Waals surface area contributed by atoms with E-state index in [9.17, 15) is 4.79 Å². The number of nitrogens with one attached hydrogen (secondary N) is 1. The Kier molecular flexibility index (Phi) is 6.74. The van der Waals surface area contributed by atoms with E-state index in [1.54, 1.807) is 6.20 Å². The number of anilines is 1. The van der Waals surface area contributed by atoms with E-state index in [1.807, 2.05) is 24.3 Å². The van der Waals surface area contributed by atoms with Crippen molar-refractivity contribution in [3.63, 3.8) is 0 Å². The lowest BCUT2D eigenvalue weighted by molar-refractivity contribution is -0.127. The molecule has 2 fully saturated rings. The smallest absolute Gasteiger partial charge is 0.167 e. The van der Waals surface area contributed by atoms with Crippen LogP contribution in [-0.4, -0.2) is 48.2 Å². The summed E-state index contributed by atoms with van der Waals surface area (Å²) in [4.78, 5) is 21.5. The van der Waals surface area contributed by atoms with Crippen molar-refractivity contribution in [2.45, 2.75) is 38.2 Å². The van der Waals surface area contributed by atoms with Gasteiger partial charge >= 0.3 is 0 Å². The molecule has 0 unspecified atom stereocenters. The van der Waals surface area contributed by atoms with Crippen LogP contribution in [0.3, 0.4) is 0 Å². The summed E-state index contributed by atoms with van der Waals surface area (Å²) >= 11 is 6.40. The largest absolute Gasteiger partial charge is 0.381 e. The number of pyridine rings is 2. The van der Waals surface area contributed by atoms with Crippen LogP contribution in [0.15, 0.2) is 30.5 Å². The van der Waals surface area contributed by atoms with Crippen LogP contribution in [-0.2, 0) is 20.7 Å². The lowest BCUT2D eigenvalue weighted by atomic mass is 10.0. The Bertz CT molecular complexity index is 849. The minimum Gasteiger partial charge on any atom is -0.381 e. The summed E-state index contributed by atoms with van der Waals surface area (Å²) < 4.78 is 10.9. The van der Waals surface area contributed by atoms with Gasteiger partial charge < -0.3 is 14.8 Å². The highest BCUT2D eigenvalue weighted by Crippen LogP contribution is 2.28. The van der Waals surface area contributed by atoms with Crippen LogP contribution >= 0.6 is 11.6 Å². The fourth-order valence-electron chi connectivity index (χ4n) is 3.78. The van der Waals surface area contributed by atoms with Crippen molar-refractivity contribution in [1.29, 1.82) is 0 Å². The molecule has 2 saturated heterocycles. The number of carbonyl (C=O) groups is 1. The number of aromatic nitrogens is 2. The number of rotatable bonds is 7. The first-order valence-corrected chi connectivity index (χ1v) is 10.6. The fourth-order valence-corrected chi connectivity index (χ4v) is 3.98. The maximum Gasteiger partial charge on any atom is 0.167 e. The van der Waals surface area contributed by atoms with E-state index in [-0.39, 0.29) is 18.3 Å². The van der Waals surface area contributed by atoms with E-state index in [1.165, 1.54) is 0 Å². The number of nitrogens with zero attached hydrogens (tertiary/aromatic N) is 2. The van der Waals surface area contributed by atoms with E-state index in [4.69, 9.17) is 26.1 Å². The van der Waals surface area contributed by atoms with E-state index < -0.39 is 0 Å². The van der Waals surface area contributed by atoms with Crippen LogP contribution in [0.4, 0.5) is 5.82 Å². The lowest BCUT2D eigenvalue weighted by Gasteiger charge is -2.22. The standard InChI is InChI=1S/C22H26ClN3O3/c23-18-14-24-16(12-20(27)21-4-2-8-29-21)11-17(18)19-3-1-5-22(26-19)25-13-15-6-9-28-10-7-15/h1,3,5,11,14-15,21H,2,4,6-10,12-13H2,(H,25,26)/t21-/m0/s1. The third-order valence-electron chi connectivity index (χ3n) is 5.49. The summed E-state index contributed by atoms with van der Waals surface area (Å²) in [7, 11) is 0. The summed E-state index contributed by atoms with van der Waals surface area (Å²) in [5.41, 5.74) is 2.24. The van der Waals surface area contributed by atoms with Gasteiger partial charge in [0, 0.05) is 43.8 Å². The minimum atomic E-state index is -0.299. The average molecular weight is 416 g/mol. The molecular formula is C22H26ClN3O3. The van der Waals surface area contributed by atoms with E-state index >= 15 is 0 Å². The molecule has 2 aliphatic heterocycles. The van der Waals surface area contributed by atoms with Crippen LogP contribution in [0.1, 0.15) is 31.4 Å². The third-order valence-corrected chi connectivity index (χ3v) is 5.80. The van der Waals surface area contributed by atoms with Crippen molar-refractivity contribution < 1.29 is 14.3 Å². The van der Waals surface area contributed by atoms with Gasteiger partial charge in [-0.2, -0.15) is 0 Å². The summed E-state index contributed by atoms with van der Waals surface area (Å²) in [6.45, 7) is 3.21. The molecule has 154 valence electrons. The zero-order valence-corrected chi connectivity index (χ0v) is 17.2. The molecule has 7 heteroatoms. The molecule has 4 rings (SSSR count). The normalized spacial score (nSPS) is 20.0. The van der Waals surface area contributed by atoms with Gasteiger partial charge in [0.2, 0.25) is 0 Å². The SMILES string of the molecule is O=C(Cc1cc(-c2cccc(NCC3CCOCC3)n2)c(Cl)cn1)[C@@H]1CCCO1. The quantitative estimate of drug-likeness (QED) is 0.738.